The molecule has 0 radical (unpaired) electrons. The molecule has 2 fully saturated rings. The summed E-state index contributed by atoms with van der Waals surface area (Å²) in [6.45, 7) is 5.36. The highest BCUT2D eigenvalue weighted by Gasteiger charge is 2.50. The zero-order valence-electron chi connectivity index (χ0n) is 19.2. The predicted octanol–water partition coefficient (Wildman–Crippen LogP) is 4.97. The number of likely N-dealkylation sites (tertiary alicyclic amines) is 1. The molecule has 2 aliphatic heterocycles. The number of hydrogen-bond acceptors (Lipinski definition) is 4. The lowest BCUT2D eigenvalue weighted by Gasteiger charge is -2.43. The largest absolute Gasteiger partial charge is 0.457 e. The molecule has 170 valence electrons. The van der Waals surface area contributed by atoms with Crippen LogP contribution in [0.15, 0.2) is 78.9 Å². The Bertz CT molecular complexity index is 1110. The fraction of sp³-hybridized carbons (Fsp3) is 0.321. The number of aryl methyl sites for hydroxylation is 1. The molecule has 5 rings (SSSR count). The average Bonchev–Trinajstić information content (AvgIpc) is 3.17. The molecule has 0 aliphatic carbocycles. The minimum Gasteiger partial charge on any atom is -0.457 e. The van der Waals surface area contributed by atoms with Gasteiger partial charge in [0.25, 0.3) is 0 Å². The van der Waals surface area contributed by atoms with Crippen LogP contribution in [0.2, 0.25) is 0 Å². The Morgan fingerprint density at radius 1 is 0.939 bits per heavy atom. The van der Waals surface area contributed by atoms with Gasteiger partial charge in [0.1, 0.15) is 17.0 Å². The molecule has 2 heterocycles. The third-order valence-corrected chi connectivity index (χ3v) is 6.97. The van der Waals surface area contributed by atoms with Gasteiger partial charge in [0.15, 0.2) is 0 Å². The average molecular weight is 442 g/mol. The van der Waals surface area contributed by atoms with Crippen LogP contribution in [0.1, 0.15) is 30.9 Å². The van der Waals surface area contributed by atoms with Crippen LogP contribution in [0.3, 0.4) is 0 Å². The highest BCUT2D eigenvalue weighted by molar-refractivity contribution is 5.93. The first kappa shape index (κ1) is 21.5. The van der Waals surface area contributed by atoms with E-state index in [0.29, 0.717) is 6.67 Å². The number of hydrogen-bond donors (Lipinski definition) is 1. The monoisotopic (exact) mass is 441 g/mol. The molecule has 0 saturated carbocycles. The Morgan fingerprint density at radius 3 is 2.48 bits per heavy atom. The fourth-order valence-electron chi connectivity index (χ4n) is 5.10. The number of nitrogens with one attached hydrogen (secondary N) is 1. The molecule has 0 bridgehead atoms. The molecule has 0 aromatic heterocycles. The molecule has 33 heavy (non-hydrogen) atoms. The van der Waals surface area contributed by atoms with Crippen molar-refractivity contribution in [3.63, 3.8) is 0 Å². The Hall–Kier alpha value is -3.31. The number of piperidine rings is 1. The van der Waals surface area contributed by atoms with Gasteiger partial charge >= 0.3 is 0 Å². The molecule has 2 saturated heterocycles. The lowest BCUT2D eigenvalue weighted by atomic mass is 9.85. The fourth-order valence-corrected chi connectivity index (χ4v) is 5.10. The van der Waals surface area contributed by atoms with E-state index in [4.69, 9.17) is 4.74 Å². The maximum Gasteiger partial charge on any atom is 0.247 e. The highest BCUT2D eigenvalue weighted by Crippen LogP contribution is 2.36. The summed E-state index contributed by atoms with van der Waals surface area (Å²) in [5, 5.41) is 3.09. The lowest BCUT2D eigenvalue weighted by molar-refractivity contribution is -0.125. The van der Waals surface area contributed by atoms with Gasteiger partial charge in [-0.3, -0.25) is 9.69 Å². The number of carbonyl (C=O) groups is 1. The smallest absolute Gasteiger partial charge is 0.247 e. The first-order chi connectivity index (χ1) is 16.2. The molecule has 0 atom stereocenters. The second-order valence-corrected chi connectivity index (χ2v) is 8.95. The van der Waals surface area contributed by atoms with Crippen molar-refractivity contribution in [2.45, 2.75) is 38.3 Å². The molecular formula is C28H31N3O2. The Labute approximate surface area is 196 Å². The van der Waals surface area contributed by atoms with E-state index in [9.17, 15) is 4.79 Å². The molecule has 3 aromatic rings. The zero-order chi connectivity index (χ0) is 22.7. The number of ether oxygens (including phenoxy) is 1. The van der Waals surface area contributed by atoms with Crippen LogP contribution in [-0.4, -0.2) is 36.1 Å². The van der Waals surface area contributed by atoms with Gasteiger partial charge in [-0.15, -0.1) is 0 Å². The second-order valence-electron chi connectivity index (χ2n) is 8.95. The van der Waals surface area contributed by atoms with Gasteiger partial charge in [0, 0.05) is 25.3 Å². The van der Waals surface area contributed by atoms with Crippen LogP contribution in [0.5, 0.6) is 11.5 Å². The molecule has 5 heteroatoms. The molecular weight excluding hydrogens is 410 g/mol. The van der Waals surface area contributed by atoms with Gasteiger partial charge in [-0.1, -0.05) is 55.5 Å². The van der Waals surface area contributed by atoms with Crippen LogP contribution in [0, 0.1) is 0 Å². The van der Waals surface area contributed by atoms with E-state index in [1.165, 1.54) is 11.1 Å². The second kappa shape index (κ2) is 9.28. The Balaban J connectivity index is 1.25. The first-order valence-electron chi connectivity index (χ1n) is 11.9. The van der Waals surface area contributed by atoms with Crippen molar-refractivity contribution in [2.24, 2.45) is 0 Å². The van der Waals surface area contributed by atoms with E-state index in [1.54, 1.807) is 0 Å². The SMILES string of the molecule is CCc1ccccc1Oc1cccc(CN2CCC3(CC2)C(=O)NCN3c2ccccc2)c1. The maximum absolute atomic E-state index is 12.9. The number of anilines is 1. The standard InChI is InChI=1S/C28H31N3O2/c1-2-23-10-6-7-14-26(23)33-25-13-8-9-22(19-25)20-30-17-15-28(16-18-30)27(32)29-21-31(28)24-11-4-3-5-12-24/h3-14,19H,2,15-18,20-21H2,1H3,(H,29,32). The summed E-state index contributed by atoms with van der Waals surface area (Å²) in [6, 6.07) is 26.8. The van der Waals surface area contributed by atoms with Crippen LogP contribution in [0.25, 0.3) is 0 Å². The van der Waals surface area contributed by atoms with Crippen LogP contribution in [0.4, 0.5) is 5.69 Å². The van der Waals surface area contributed by atoms with E-state index >= 15 is 0 Å². The topological polar surface area (TPSA) is 44.8 Å². The van der Waals surface area contributed by atoms with Gasteiger partial charge in [0.2, 0.25) is 5.91 Å². The van der Waals surface area contributed by atoms with Gasteiger partial charge in [-0.25, -0.2) is 0 Å². The maximum atomic E-state index is 12.9. The molecule has 0 unspecified atom stereocenters. The summed E-state index contributed by atoms with van der Waals surface area (Å²) >= 11 is 0. The van der Waals surface area contributed by atoms with Crippen molar-refractivity contribution < 1.29 is 9.53 Å². The zero-order valence-corrected chi connectivity index (χ0v) is 19.2. The van der Waals surface area contributed by atoms with E-state index in [1.807, 2.05) is 36.4 Å². The minimum atomic E-state index is -0.438. The quantitative estimate of drug-likeness (QED) is 0.587. The number of amides is 1. The highest BCUT2D eigenvalue weighted by atomic mass is 16.5. The van der Waals surface area contributed by atoms with Crippen molar-refractivity contribution in [3.05, 3.63) is 90.0 Å². The molecule has 1 spiro atoms. The lowest BCUT2D eigenvalue weighted by Crippen LogP contribution is -2.56. The Morgan fingerprint density at radius 2 is 1.70 bits per heavy atom. The normalized spacial score (nSPS) is 17.8. The summed E-state index contributed by atoms with van der Waals surface area (Å²) in [5.41, 5.74) is 3.11. The van der Waals surface area contributed by atoms with Crippen molar-refractivity contribution in [3.8, 4) is 11.5 Å². The van der Waals surface area contributed by atoms with Crippen molar-refractivity contribution >= 4 is 11.6 Å². The Kier molecular flexibility index (Phi) is 6.05. The van der Waals surface area contributed by atoms with E-state index in [0.717, 1.165) is 56.1 Å². The van der Waals surface area contributed by atoms with E-state index in [-0.39, 0.29) is 5.91 Å². The summed E-state index contributed by atoms with van der Waals surface area (Å²) in [7, 11) is 0. The summed E-state index contributed by atoms with van der Waals surface area (Å²) in [5.74, 6) is 1.95. The summed E-state index contributed by atoms with van der Waals surface area (Å²) in [4.78, 5) is 17.6. The molecule has 5 nitrogen and oxygen atoms in total. The molecule has 1 amide bonds. The molecule has 2 aliphatic rings. The number of para-hydroxylation sites is 2. The number of nitrogens with zero attached hydrogens (tertiary/aromatic N) is 2. The molecule has 3 aromatic carbocycles. The van der Waals surface area contributed by atoms with Crippen molar-refractivity contribution in [1.29, 1.82) is 0 Å². The van der Waals surface area contributed by atoms with Gasteiger partial charge in [-0.2, -0.15) is 0 Å². The van der Waals surface area contributed by atoms with E-state index in [2.05, 4.69) is 64.5 Å². The van der Waals surface area contributed by atoms with E-state index < -0.39 is 5.54 Å². The summed E-state index contributed by atoms with van der Waals surface area (Å²) < 4.78 is 6.21. The number of benzene rings is 3. The first-order valence-corrected chi connectivity index (χ1v) is 11.9. The van der Waals surface area contributed by atoms with Crippen molar-refractivity contribution in [1.82, 2.24) is 10.2 Å². The predicted molar refractivity (Wildman–Crippen MR) is 132 cm³/mol. The summed E-state index contributed by atoms with van der Waals surface area (Å²) in [6.07, 6.45) is 2.60. The third-order valence-electron chi connectivity index (χ3n) is 6.97. The number of carbonyl (C=O) groups excluding carboxylic acids is 1. The minimum absolute atomic E-state index is 0.163. The van der Waals surface area contributed by atoms with Crippen LogP contribution < -0.4 is 15.0 Å². The third kappa shape index (κ3) is 4.33. The van der Waals surface area contributed by atoms with Crippen LogP contribution >= 0.6 is 0 Å². The van der Waals surface area contributed by atoms with Gasteiger partial charge in [-0.05, 0) is 60.7 Å². The van der Waals surface area contributed by atoms with Crippen molar-refractivity contribution in [2.75, 3.05) is 24.7 Å². The van der Waals surface area contributed by atoms with Gasteiger partial charge < -0.3 is 15.0 Å². The number of rotatable bonds is 6. The molecule has 1 N–H and O–H groups in total. The van der Waals surface area contributed by atoms with Gasteiger partial charge in [0.05, 0.1) is 6.67 Å². The van der Waals surface area contributed by atoms with Crippen LogP contribution in [-0.2, 0) is 17.8 Å².